The summed E-state index contributed by atoms with van der Waals surface area (Å²) in [6, 6.07) is 9.89. The van der Waals surface area contributed by atoms with Crippen molar-refractivity contribution in [3.63, 3.8) is 0 Å². The third-order valence-electron chi connectivity index (χ3n) is 5.48. The van der Waals surface area contributed by atoms with E-state index in [9.17, 15) is 4.79 Å². The Kier molecular flexibility index (Phi) is 7.26. The Morgan fingerprint density at radius 2 is 1.96 bits per heavy atom. The fourth-order valence-electron chi connectivity index (χ4n) is 2.73. The van der Waals surface area contributed by atoms with Gasteiger partial charge in [0.25, 0.3) is 0 Å². The van der Waals surface area contributed by atoms with Crippen molar-refractivity contribution >= 4 is 14.4 Å². The van der Waals surface area contributed by atoms with Gasteiger partial charge < -0.3 is 14.5 Å². The average molecular weight is 379 g/mol. The summed E-state index contributed by atoms with van der Waals surface area (Å²) >= 11 is 0. The van der Waals surface area contributed by atoms with Gasteiger partial charge in [-0.2, -0.15) is 0 Å². The highest BCUT2D eigenvalue weighted by Gasteiger charge is 2.37. The average Bonchev–Trinajstić information content (AvgIpc) is 3.00. The summed E-state index contributed by atoms with van der Waals surface area (Å²) in [4.78, 5) is 14.3. The van der Waals surface area contributed by atoms with Crippen LogP contribution < -0.4 is 5.32 Å². The summed E-state index contributed by atoms with van der Waals surface area (Å²) in [5.74, 6) is 0. The monoisotopic (exact) mass is 378 g/mol. The van der Waals surface area contributed by atoms with Crippen LogP contribution in [0, 0.1) is 0 Å². The minimum atomic E-state index is -1.68. The Bertz CT molecular complexity index is 572. The fourth-order valence-corrected chi connectivity index (χ4v) is 3.77. The molecule has 0 saturated carbocycles. The summed E-state index contributed by atoms with van der Waals surface area (Å²) in [6.07, 6.45) is 0.624. The normalized spacial score (nSPS) is 18.7. The highest BCUT2D eigenvalue weighted by atomic mass is 28.4. The first-order valence-electron chi connectivity index (χ1n) is 9.51. The summed E-state index contributed by atoms with van der Waals surface area (Å²) in [5.41, 5.74) is 0.999. The minimum absolute atomic E-state index is 0.158. The number of alkyl carbamates (subject to hydrolysis) is 1. The number of carbonyl (C=O) groups is 1. The third kappa shape index (κ3) is 6.41. The molecule has 1 atom stereocenters. The zero-order chi connectivity index (χ0) is 19.2. The van der Waals surface area contributed by atoms with Crippen molar-refractivity contribution < 1.29 is 14.0 Å². The van der Waals surface area contributed by atoms with Crippen molar-refractivity contribution in [3.8, 4) is 0 Å². The van der Waals surface area contributed by atoms with Gasteiger partial charge in [-0.3, -0.25) is 4.90 Å². The molecule has 5 nitrogen and oxygen atoms in total. The molecule has 2 rings (SSSR count). The molecule has 0 aromatic heterocycles. The predicted molar refractivity (Wildman–Crippen MR) is 108 cm³/mol. The second-order valence-corrected chi connectivity index (χ2v) is 13.4. The molecular weight excluding hydrogens is 344 g/mol. The summed E-state index contributed by atoms with van der Waals surface area (Å²) in [6.45, 7) is 15.2. The van der Waals surface area contributed by atoms with Crippen LogP contribution in [-0.4, -0.2) is 51.6 Å². The Morgan fingerprint density at radius 3 is 2.62 bits per heavy atom. The van der Waals surface area contributed by atoms with Crippen molar-refractivity contribution in [2.24, 2.45) is 0 Å². The molecule has 1 aliphatic rings. The second kappa shape index (κ2) is 9.02. The van der Waals surface area contributed by atoms with E-state index in [0.717, 1.165) is 38.2 Å². The smallest absolute Gasteiger partial charge is 0.407 e. The fraction of sp³-hybridized carbons (Fsp3) is 0.650. The molecule has 1 amide bonds. The molecule has 6 heteroatoms. The molecule has 1 unspecified atom stereocenters. The minimum Gasteiger partial charge on any atom is -0.445 e. The van der Waals surface area contributed by atoms with Gasteiger partial charge >= 0.3 is 6.09 Å². The molecule has 1 heterocycles. The number of amides is 1. The second-order valence-electron chi connectivity index (χ2n) is 8.60. The van der Waals surface area contributed by atoms with E-state index in [-0.39, 0.29) is 17.2 Å². The van der Waals surface area contributed by atoms with Crippen LogP contribution in [0.1, 0.15) is 32.8 Å². The molecule has 1 fully saturated rings. The van der Waals surface area contributed by atoms with Crippen LogP contribution >= 0.6 is 0 Å². The van der Waals surface area contributed by atoms with Gasteiger partial charge in [-0.1, -0.05) is 51.1 Å². The van der Waals surface area contributed by atoms with Gasteiger partial charge in [0.2, 0.25) is 0 Å². The lowest BCUT2D eigenvalue weighted by molar-refractivity contribution is 0.135. The molecule has 1 aliphatic heterocycles. The van der Waals surface area contributed by atoms with Crippen LogP contribution in [0.5, 0.6) is 0 Å². The van der Waals surface area contributed by atoms with Crippen molar-refractivity contribution in [1.82, 2.24) is 10.2 Å². The van der Waals surface area contributed by atoms with E-state index in [0.29, 0.717) is 6.61 Å². The number of ether oxygens (including phenoxy) is 1. The topological polar surface area (TPSA) is 50.8 Å². The van der Waals surface area contributed by atoms with E-state index >= 15 is 0 Å². The Morgan fingerprint density at radius 1 is 1.27 bits per heavy atom. The number of likely N-dealkylation sites (tertiary alicyclic amines) is 1. The van der Waals surface area contributed by atoms with Crippen LogP contribution in [0.25, 0.3) is 0 Å². The third-order valence-corrected chi connectivity index (χ3v) is 10.0. The molecule has 1 aromatic rings. The zero-order valence-electron chi connectivity index (χ0n) is 16.9. The zero-order valence-corrected chi connectivity index (χ0v) is 17.9. The van der Waals surface area contributed by atoms with Crippen molar-refractivity contribution in [2.45, 2.75) is 58.0 Å². The lowest BCUT2D eigenvalue weighted by atomic mass is 10.2. The van der Waals surface area contributed by atoms with Crippen molar-refractivity contribution in [1.29, 1.82) is 0 Å². The molecule has 0 spiro atoms. The van der Waals surface area contributed by atoms with Crippen LogP contribution in [-0.2, 0) is 15.8 Å². The molecule has 1 N–H and O–H groups in total. The van der Waals surface area contributed by atoms with E-state index < -0.39 is 8.32 Å². The molecule has 0 radical (unpaired) electrons. The summed E-state index contributed by atoms with van der Waals surface area (Å²) in [7, 11) is -1.68. The van der Waals surface area contributed by atoms with E-state index in [4.69, 9.17) is 9.16 Å². The predicted octanol–water partition coefficient (Wildman–Crippen LogP) is 4.01. The maximum absolute atomic E-state index is 12.0. The number of benzene rings is 1. The van der Waals surface area contributed by atoms with E-state index in [2.05, 4.69) is 44.1 Å². The molecule has 0 bridgehead atoms. The van der Waals surface area contributed by atoms with Crippen LogP contribution in [0.2, 0.25) is 18.1 Å². The molecule has 146 valence electrons. The highest BCUT2D eigenvalue weighted by Crippen LogP contribution is 2.36. The lowest BCUT2D eigenvalue weighted by Gasteiger charge is -2.36. The van der Waals surface area contributed by atoms with Gasteiger partial charge in [0.1, 0.15) is 6.61 Å². The Hall–Kier alpha value is -1.37. The first kappa shape index (κ1) is 20.9. The molecular formula is C20H34N2O3Si. The maximum atomic E-state index is 12.0. The largest absolute Gasteiger partial charge is 0.445 e. The van der Waals surface area contributed by atoms with E-state index in [1.165, 1.54) is 0 Å². The standard InChI is InChI=1S/C20H34N2O3Si/c1-20(2,3)26(4,5)25-14-13-22-12-11-18(15-22)21-19(23)24-16-17-9-7-6-8-10-17/h6-10,18H,11-16H2,1-5H3,(H,21,23). The molecule has 0 aliphatic carbocycles. The quantitative estimate of drug-likeness (QED) is 0.729. The Labute approximate surface area is 159 Å². The maximum Gasteiger partial charge on any atom is 0.407 e. The first-order valence-corrected chi connectivity index (χ1v) is 12.4. The SMILES string of the molecule is CC(C)(C)[Si](C)(C)OCCN1CCC(NC(=O)OCc2ccccc2)C1. The highest BCUT2D eigenvalue weighted by molar-refractivity contribution is 6.74. The van der Waals surface area contributed by atoms with Crippen LogP contribution in [0.15, 0.2) is 30.3 Å². The van der Waals surface area contributed by atoms with Gasteiger partial charge in [0.05, 0.1) is 0 Å². The van der Waals surface area contributed by atoms with Gasteiger partial charge in [-0.05, 0) is 30.1 Å². The number of carbonyl (C=O) groups excluding carboxylic acids is 1. The summed E-state index contributed by atoms with van der Waals surface area (Å²) < 4.78 is 11.5. The summed E-state index contributed by atoms with van der Waals surface area (Å²) in [5, 5.41) is 3.22. The molecule has 26 heavy (non-hydrogen) atoms. The van der Waals surface area contributed by atoms with Gasteiger partial charge in [-0.25, -0.2) is 4.79 Å². The van der Waals surface area contributed by atoms with Crippen LogP contribution in [0.3, 0.4) is 0 Å². The molecule has 1 aromatic carbocycles. The van der Waals surface area contributed by atoms with Gasteiger partial charge in [0, 0.05) is 32.3 Å². The van der Waals surface area contributed by atoms with Crippen LogP contribution in [0.4, 0.5) is 4.79 Å². The van der Waals surface area contributed by atoms with Gasteiger partial charge in [0.15, 0.2) is 8.32 Å². The number of hydrogen-bond donors (Lipinski definition) is 1. The van der Waals surface area contributed by atoms with E-state index in [1.807, 2.05) is 30.3 Å². The van der Waals surface area contributed by atoms with E-state index in [1.54, 1.807) is 0 Å². The van der Waals surface area contributed by atoms with Gasteiger partial charge in [-0.15, -0.1) is 0 Å². The first-order chi connectivity index (χ1) is 12.2. The number of hydrogen-bond acceptors (Lipinski definition) is 4. The Balaban J connectivity index is 1.64. The van der Waals surface area contributed by atoms with Crippen molar-refractivity contribution in [3.05, 3.63) is 35.9 Å². The lowest BCUT2D eigenvalue weighted by Crippen LogP contribution is -2.43. The molecule has 1 saturated heterocycles. The van der Waals surface area contributed by atoms with Crippen molar-refractivity contribution in [2.75, 3.05) is 26.2 Å². The number of nitrogens with one attached hydrogen (secondary N) is 1. The number of rotatable bonds is 7. The number of nitrogens with zero attached hydrogens (tertiary/aromatic N) is 1.